The molecule has 0 radical (unpaired) electrons. The average Bonchev–Trinajstić information content (AvgIpc) is 2.83. The Bertz CT molecular complexity index is 991. The standard InChI is InChI=1S/C22H26N4O7/c1-15(21(28)24-16-2-4-17(5-3-16)25-9-12-32-13-10-25)33-22(29)19-14-18(26(30)31)6-7-20(19)23-8-11-27/h2-7,14-15,23,27H,8-13H2,1H3,(H,24,28). The molecule has 1 saturated heterocycles. The van der Waals surface area contributed by atoms with Gasteiger partial charge in [0, 0.05) is 48.8 Å². The monoisotopic (exact) mass is 458 g/mol. The van der Waals surface area contributed by atoms with Crippen molar-refractivity contribution in [1.82, 2.24) is 0 Å². The lowest BCUT2D eigenvalue weighted by molar-refractivity contribution is -0.384. The summed E-state index contributed by atoms with van der Waals surface area (Å²) in [6.45, 7) is 4.28. The lowest BCUT2D eigenvalue weighted by Gasteiger charge is -2.28. The SMILES string of the molecule is CC(OC(=O)c1cc([N+](=O)[O-])ccc1NCCO)C(=O)Nc1ccc(N2CCOCC2)cc1. The number of rotatable bonds is 9. The Morgan fingerprint density at radius 3 is 2.55 bits per heavy atom. The lowest BCUT2D eigenvalue weighted by Crippen LogP contribution is -2.36. The first kappa shape index (κ1) is 24.0. The van der Waals surface area contributed by atoms with E-state index in [1.54, 1.807) is 12.1 Å². The van der Waals surface area contributed by atoms with Crippen LogP contribution in [0.15, 0.2) is 42.5 Å². The third kappa shape index (κ3) is 6.40. The van der Waals surface area contributed by atoms with E-state index < -0.39 is 22.9 Å². The Hall–Kier alpha value is -3.70. The van der Waals surface area contributed by atoms with Crippen molar-refractivity contribution in [2.45, 2.75) is 13.0 Å². The summed E-state index contributed by atoms with van der Waals surface area (Å²) in [4.78, 5) is 37.8. The van der Waals surface area contributed by atoms with Crippen LogP contribution in [-0.2, 0) is 14.3 Å². The number of aliphatic hydroxyl groups is 1. The Labute approximate surface area is 190 Å². The number of aliphatic hydroxyl groups excluding tert-OH is 1. The second-order valence-electron chi connectivity index (χ2n) is 7.32. The zero-order chi connectivity index (χ0) is 23.8. The highest BCUT2D eigenvalue weighted by Crippen LogP contribution is 2.24. The van der Waals surface area contributed by atoms with Crippen molar-refractivity contribution in [3.8, 4) is 0 Å². The maximum absolute atomic E-state index is 12.6. The van der Waals surface area contributed by atoms with E-state index in [4.69, 9.17) is 14.6 Å². The van der Waals surface area contributed by atoms with Gasteiger partial charge in [0.25, 0.3) is 11.6 Å². The topological polar surface area (TPSA) is 143 Å². The van der Waals surface area contributed by atoms with Gasteiger partial charge in [0.2, 0.25) is 0 Å². The molecule has 0 bridgehead atoms. The Morgan fingerprint density at radius 1 is 1.21 bits per heavy atom. The van der Waals surface area contributed by atoms with Crippen molar-refractivity contribution < 1.29 is 29.1 Å². The van der Waals surface area contributed by atoms with Crippen LogP contribution in [0.1, 0.15) is 17.3 Å². The van der Waals surface area contributed by atoms with Gasteiger partial charge < -0.3 is 30.1 Å². The molecule has 2 aromatic carbocycles. The number of hydrogen-bond donors (Lipinski definition) is 3. The van der Waals surface area contributed by atoms with E-state index in [2.05, 4.69) is 15.5 Å². The summed E-state index contributed by atoms with van der Waals surface area (Å²) in [7, 11) is 0. The van der Waals surface area contributed by atoms with Crippen LogP contribution in [0.25, 0.3) is 0 Å². The molecule has 1 amide bonds. The minimum Gasteiger partial charge on any atom is -0.449 e. The summed E-state index contributed by atoms with van der Waals surface area (Å²) < 4.78 is 10.6. The van der Waals surface area contributed by atoms with Crippen molar-refractivity contribution in [3.63, 3.8) is 0 Å². The van der Waals surface area contributed by atoms with Gasteiger partial charge in [-0.25, -0.2) is 4.79 Å². The molecule has 1 aliphatic heterocycles. The lowest BCUT2D eigenvalue weighted by atomic mass is 10.1. The molecule has 0 saturated carbocycles. The average molecular weight is 458 g/mol. The number of carbonyl (C=O) groups is 2. The minimum absolute atomic E-state index is 0.104. The zero-order valence-corrected chi connectivity index (χ0v) is 18.2. The van der Waals surface area contributed by atoms with Gasteiger partial charge in [0.05, 0.1) is 30.3 Å². The molecule has 0 aliphatic carbocycles. The third-order valence-corrected chi connectivity index (χ3v) is 5.03. The number of nitro benzene ring substituents is 1. The predicted octanol–water partition coefficient (Wildman–Crippen LogP) is 2.02. The van der Waals surface area contributed by atoms with Crippen LogP contribution >= 0.6 is 0 Å². The molecule has 2 aromatic rings. The number of nitrogens with zero attached hydrogens (tertiary/aromatic N) is 2. The molecule has 1 atom stereocenters. The first-order valence-corrected chi connectivity index (χ1v) is 10.5. The van der Waals surface area contributed by atoms with E-state index in [0.717, 1.165) is 24.8 Å². The van der Waals surface area contributed by atoms with Crippen molar-refractivity contribution in [2.75, 3.05) is 55.0 Å². The maximum atomic E-state index is 12.6. The summed E-state index contributed by atoms with van der Waals surface area (Å²) in [6, 6.07) is 10.9. The molecular formula is C22H26N4O7. The molecule has 176 valence electrons. The summed E-state index contributed by atoms with van der Waals surface area (Å²) in [6.07, 6.45) is -1.15. The van der Waals surface area contributed by atoms with E-state index in [9.17, 15) is 19.7 Å². The largest absolute Gasteiger partial charge is 0.449 e. The molecule has 0 spiro atoms. The number of hydrogen-bond acceptors (Lipinski definition) is 9. The fourth-order valence-corrected chi connectivity index (χ4v) is 3.26. The number of nitro groups is 1. The molecule has 33 heavy (non-hydrogen) atoms. The molecule has 0 aromatic heterocycles. The minimum atomic E-state index is -1.15. The predicted molar refractivity (Wildman–Crippen MR) is 122 cm³/mol. The van der Waals surface area contributed by atoms with Crippen LogP contribution in [0.3, 0.4) is 0 Å². The Morgan fingerprint density at radius 2 is 1.91 bits per heavy atom. The van der Waals surface area contributed by atoms with Crippen LogP contribution in [0.4, 0.5) is 22.7 Å². The molecular weight excluding hydrogens is 432 g/mol. The Kier molecular flexibility index (Phi) is 8.17. The fraction of sp³-hybridized carbons (Fsp3) is 0.364. The van der Waals surface area contributed by atoms with Crippen LogP contribution in [-0.4, -0.2) is 67.5 Å². The highest BCUT2D eigenvalue weighted by atomic mass is 16.6. The second kappa shape index (κ2) is 11.2. The number of ether oxygens (including phenoxy) is 2. The molecule has 3 N–H and O–H groups in total. The second-order valence-corrected chi connectivity index (χ2v) is 7.32. The fourth-order valence-electron chi connectivity index (χ4n) is 3.26. The van der Waals surface area contributed by atoms with E-state index in [-0.39, 0.29) is 30.1 Å². The number of esters is 1. The summed E-state index contributed by atoms with van der Waals surface area (Å²) in [5.41, 5.74) is 1.41. The van der Waals surface area contributed by atoms with Crippen LogP contribution in [0, 0.1) is 10.1 Å². The molecule has 1 unspecified atom stereocenters. The van der Waals surface area contributed by atoms with Gasteiger partial charge in [-0.05, 0) is 37.3 Å². The molecule has 1 heterocycles. The molecule has 1 aliphatic rings. The van der Waals surface area contributed by atoms with Crippen LogP contribution in [0.2, 0.25) is 0 Å². The van der Waals surface area contributed by atoms with E-state index in [0.29, 0.717) is 18.9 Å². The number of nitrogens with one attached hydrogen (secondary N) is 2. The normalized spacial score (nSPS) is 14.3. The van der Waals surface area contributed by atoms with Crippen LogP contribution < -0.4 is 15.5 Å². The summed E-state index contributed by atoms with van der Waals surface area (Å²) in [5, 5.41) is 25.6. The highest BCUT2D eigenvalue weighted by Gasteiger charge is 2.23. The van der Waals surface area contributed by atoms with Gasteiger partial charge in [-0.2, -0.15) is 0 Å². The van der Waals surface area contributed by atoms with Gasteiger partial charge in [-0.15, -0.1) is 0 Å². The first-order valence-electron chi connectivity index (χ1n) is 10.5. The van der Waals surface area contributed by atoms with Crippen molar-refractivity contribution in [2.24, 2.45) is 0 Å². The molecule has 3 rings (SSSR count). The van der Waals surface area contributed by atoms with E-state index in [1.807, 2.05) is 12.1 Å². The number of anilines is 3. The van der Waals surface area contributed by atoms with E-state index >= 15 is 0 Å². The van der Waals surface area contributed by atoms with Gasteiger partial charge in [0.1, 0.15) is 0 Å². The van der Waals surface area contributed by atoms with Gasteiger partial charge in [-0.3, -0.25) is 14.9 Å². The van der Waals surface area contributed by atoms with Crippen molar-refractivity contribution in [1.29, 1.82) is 0 Å². The highest BCUT2D eigenvalue weighted by molar-refractivity contribution is 6.00. The number of morpholine rings is 1. The number of benzene rings is 2. The quantitative estimate of drug-likeness (QED) is 0.292. The van der Waals surface area contributed by atoms with Gasteiger partial charge >= 0.3 is 5.97 Å². The van der Waals surface area contributed by atoms with Crippen molar-refractivity contribution in [3.05, 3.63) is 58.1 Å². The molecule has 11 heteroatoms. The number of amides is 1. The zero-order valence-electron chi connectivity index (χ0n) is 18.2. The number of non-ortho nitro benzene ring substituents is 1. The van der Waals surface area contributed by atoms with Gasteiger partial charge in [0.15, 0.2) is 6.10 Å². The first-order chi connectivity index (χ1) is 15.9. The summed E-state index contributed by atoms with van der Waals surface area (Å²) in [5.74, 6) is -1.44. The smallest absolute Gasteiger partial charge is 0.341 e. The molecule has 1 fully saturated rings. The number of carbonyl (C=O) groups excluding carboxylic acids is 2. The molecule has 11 nitrogen and oxygen atoms in total. The summed E-state index contributed by atoms with van der Waals surface area (Å²) >= 11 is 0. The third-order valence-electron chi connectivity index (χ3n) is 5.03. The van der Waals surface area contributed by atoms with Crippen LogP contribution in [0.5, 0.6) is 0 Å². The Balaban J connectivity index is 1.63. The maximum Gasteiger partial charge on any atom is 0.341 e. The van der Waals surface area contributed by atoms with Gasteiger partial charge in [-0.1, -0.05) is 0 Å². The van der Waals surface area contributed by atoms with E-state index in [1.165, 1.54) is 19.1 Å². The van der Waals surface area contributed by atoms with Crippen molar-refractivity contribution >= 4 is 34.6 Å².